The zero-order chi connectivity index (χ0) is 15.2. The SMILES string of the molecule is CC(C)NC(C)(CC(C)N(C)CCN(C)C)C(N)=O. The first-order valence-electron chi connectivity index (χ1n) is 7.01. The molecule has 5 heteroatoms. The molecule has 0 aromatic carbocycles. The fourth-order valence-electron chi connectivity index (χ4n) is 2.19. The Morgan fingerprint density at radius 1 is 1.21 bits per heavy atom. The fraction of sp³-hybridized carbons (Fsp3) is 0.929. The minimum atomic E-state index is -0.653. The highest BCUT2D eigenvalue weighted by Crippen LogP contribution is 2.16. The molecule has 114 valence electrons. The average Bonchev–Trinajstić information content (AvgIpc) is 2.24. The Morgan fingerprint density at radius 2 is 1.74 bits per heavy atom. The highest BCUT2D eigenvalue weighted by atomic mass is 16.1. The van der Waals surface area contributed by atoms with Gasteiger partial charge in [-0.2, -0.15) is 0 Å². The van der Waals surface area contributed by atoms with Crippen LogP contribution < -0.4 is 11.1 Å². The summed E-state index contributed by atoms with van der Waals surface area (Å²) in [5, 5.41) is 3.29. The predicted octanol–water partition coefficient (Wildman–Crippen LogP) is 0.500. The van der Waals surface area contributed by atoms with Crippen LogP contribution in [-0.4, -0.2) is 67.6 Å². The lowest BCUT2D eigenvalue weighted by Crippen LogP contribution is -2.58. The van der Waals surface area contributed by atoms with Crippen LogP contribution in [0.15, 0.2) is 0 Å². The number of nitrogens with one attached hydrogen (secondary N) is 1. The van der Waals surface area contributed by atoms with Gasteiger partial charge >= 0.3 is 0 Å². The van der Waals surface area contributed by atoms with Gasteiger partial charge in [0, 0.05) is 25.2 Å². The van der Waals surface area contributed by atoms with Gasteiger partial charge in [-0.25, -0.2) is 0 Å². The highest BCUT2D eigenvalue weighted by Gasteiger charge is 2.34. The topological polar surface area (TPSA) is 61.6 Å². The molecule has 2 unspecified atom stereocenters. The third kappa shape index (κ3) is 6.89. The molecule has 0 fully saturated rings. The third-order valence-electron chi connectivity index (χ3n) is 3.51. The number of carbonyl (C=O) groups is 1. The molecule has 0 bridgehead atoms. The predicted molar refractivity (Wildman–Crippen MR) is 81.1 cm³/mol. The minimum Gasteiger partial charge on any atom is -0.368 e. The molecule has 0 aliphatic carbocycles. The molecular formula is C14H32N4O. The second-order valence-electron chi connectivity index (χ2n) is 6.33. The second-order valence-corrected chi connectivity index (χ2v) is 6.33. The van der Waals surface area contributed by atoms with Gasteiger partial charge in [0.25, 0.3) is 0 Å². The zero-order valence-electron chi connectivity index (χ0n) is 13.7. The Morgan fingerprint density at radius 3 is 2.11 bits per heavy atom. The summed E-state index contributed by atoms with van der Waals surface area (Å²) in [6, 6.07) is 0.528. The lowest BCUT2D eigenvalue weighted by molar-refractivity contribution is -0.124. The van der Waals surface area contributed by atoms with Gasteiger partial charge in [-0.3, -0.25) is 4.79 Å². The van der Waals surface area contributed by atoms with Crippen LogP contribution in [0.25, 0.3) is 0 Å². The van der Waals surface area contributed by atoms with Crippen LogP contribution in [0.5, 0.6) is 0 Å². The molecule has 0 saturated carbocycles. The number of carbonyl (C=O) groups excluding carboxylic acids is 1. The Bertz CT molecular complexity index is 281. The van der Waals surface area contributed by atoms with Crippen molar-refractivity contribution >= 4 is 5.91 Å². The Hall–Kier alpha value is -0.650. The number of rotatable bonds is 9. The maximum atomic E-state index is 11.7. The maximum Gasteiger partial charge on any atom is 0.237 e. The minimum absolute atomic E-state index is 0.233. The van der Waals surface area contributed by atoms with Crippen LogP contribution >= 0.6 is 0 Å². The Kier molecular flexibility index (Phi) is 7.55. The largest absolute Gasteiger partial charge is 0.368 e. The van der Waals surface area contributed by atoms with Crippen LogP contribution in [0.1, 0.15) is 34.1 Å². The normalized spacial score (nSPS) is 16.9. The molecular weight excluding hydrogens is 240 g/mol. The highest BCUT2D eigenvalue weighted by molar-refractivity contribution is 5.84. The number of nitrogens with two attached hydrogens (primary N) is 1. The van der Waals surface area contributed by atoms with Crippen molar-refractivity contribution in [2.75, 3.05) is 34.2 Å². The molecule has 0 rings (SSSR count). The van der Waals surface area contributed by atoms with Crippen LogP contribution in [0.4, 0.5) is 0 Å². The summed E-state index contributed by atoms with van der Waals surface area (Å²) in [6.07, 6.45) is 0.713. The molecule has 0 aromatic heterocycles. The molecule has 0 spiro atoms. The van der Waals surface area contributed by atoms with E-state index in [4.69, 9.17) is 5.73 Å². The van der Waals surface area contributed by atoms with Crippen molar-refractivity contribution < 1.29 is 4.79 Å². The zero-order valence-corrected chi connectivity index (χ0v) is 13.7. The number of primary amides is 1. The van der Waals surface area contributed by atoms with Crippen molar-refractivity contribution in [2.45, 2.75) is 51.7 Å². The van der Waals surface area contributed by atoms with Gasteiger partial charge in [-0.1, -0.05) is 0 Å². The number of hydrogen-bond acceptors (Lipinski definition) is 4. The molecule has 0 aromatic rings. The van der Waals surface area contributed by atoms with Gasteiger partial charge < -0.3 is 20.9 Å². The molecule has 0 radical (unpaired) electrons. The summed E-state index contributed by atoms with van der Waals surface area (Å²) < 4.78 is 0. The molecule has 0 saturated heterocycles. The standard InChI is InChI=1S/C14H32N4O/c1-11(2)16-14(4,13(15)19)10-12(3)18(7)9-8-17(5)6/h11-12,16H,8-10H2,1-7H3,(H2,15,19). The van der Waals surface area contributed by atoms with Crippen LogP contribution in [0, 0.1) is 0 Å². The Balaban J connectivity index is 4.54. The van der Waals surface area contributed by atoms with E-state index >= 15 is 0 Å². The van der Waals surface area contributed by atoms with Crippen molar-refractivity contribution in [2.24, 2.45) is 5.73 Å². The van der Waals surface area contributed by atoms with Gasteiger partial charge in [0.2, 0.25) is 5.91 Å². The summed E-state index contributed by atoms with van der Waals surface area (Å²) in [7, 11) is 6.21. The molecule has 1 amide bonds. The quantitative estimate of drug-likeness (QED) is 0.642. The van der Waals surface area contributed by atoms with E-state index in [9.17, 15) is 4.79 Å². The molecule has 0 aliphatic heterocycles. The van der Waals surface area contributed by atoms with Gasteiger partial charge in [0.15, 0.2) is 0 Å². The summed E-state index contributed by atoms with van der Waals surface area (Å²) in [5.74, 6) is -0.283. The van der Waals surface area contributed by atoms with Gasteiger partial charge in [-0.15, -0.1) is 0 Å². The number of hydrogen-bond donors (Lipinski definition) is 2. The summed E-state index contributed by atoms with van der Waals surface area (Å²) in [6.45, 7) is 10.1. The smallest absolute Gasteiger partial charge is 0.237 e. The van der Waals surface area contributed by atoms with Crippen molar-refractivity contribution in [3.8, 4) is 0 Å². The lowest BCUT2D eigenvalue weighted by atomic mass is 9.91. The van der Waals surface area contributed by atoms with Crippen molar-refractivity contribution in [1.82, 2.24) is 15.1 Å². The number of amides is 1. The van der Waals surface area contributed by atoms with E-state index < -0.39 is 5.54 Å². The Labute approximate surface area is 118 Å². The first-order valence-corrected chi connectivity index (χ1v) is 7.01. The van der Waals surface area contributed by atoms with E-state index in [0.717, 1.165) is 13.1 Å². The molecule has 19 heavy (non-hydrogen) atoms. The number of nitrogens with zero attached hydrogens (tertiary/aromatic N) is 2. The van der Waals surface area contributed by atoms with Crippen LogP contribution in [0.2, 0.25) is 0 Å². The average molecular weight is 272 g/mol. The molecule has 0 heterocycles. The van der Waals surface area contributed by atoms with Crippen LogP contribution in [0.3, 0.4) is 0 Å². The molecule has 3 N–H and O–H groups in total. The summed E-state index contributed by atoms with van der Waals surface area (Å²) in [4.78, 5) is 16.1. The maximum absolute atomic E-state index is 11.7. The van der Waals surface area contributed by atoms with E-state index in [1.165, 1.54) is 0 Å². The monoisotopic (exact) mass is 272 g/mol. The van der Waals surface area contributed by atoms with Gasteiger partial charge in [0.1, 0.15) is 0 Å². The van der Waals surface area contributed by atoms with E-state index in [1.54, 1.807) is 0 Å². The van der Waals surface area contributed by atoms with E-state index in [2.05, 4.69) is 43.2 Å². The fourth-order valence-corrected chi connectivity index (χ4v) is 2.19. The first-order chi connectivity index (χ1) is 8.58. The van der Waals surface area contributed by atoms with E-state index in [0.29, 0.717) is 12.5 Å². The van der Waals surface area contributed by atoms with Crippen molar-refractivity contribution in [3.05, 3.63) is 0 Å². The second kappa shape index (κ2) is 7.82. The summed E-state index contributed by atoms with van der Waals surface area (Å²) in [5.41, 5.74) is 4.91. The molecule has 5 nitrogen and oxygen atoms in total. The van der Waals surface area contributed by atoms with E-state index in [1.807, 2.05) is 20.8 Å². The van der Waals surface area contributed by atoms with E-state index in [-0.39, 0.29) is 11.9 Å². The van der Waals surface area contributed by atoms with Crippen molar-refractivity contribution in [1.29, 1.82) is 0 Å². The molecule has 0 aliphatic rings. The first kappa shape index (κ1) is 18.4. The molecule has 2 atom stereocenters. The summed E-state index contributed by atoms with van der Waals surface area (Å²) >= 11 is 0. The van der Waals surface area contributed by atoms with Crippen molar-refractivity contribution in [3.63, 3.8) is 0 Å². The lowest BCUT2D eigenvalue weighted by Gasteiger charge is -2.35. The van der Waals surface area contributed by atoms with Crippen LogP contribution in [-0.2, 0) is 4.79 Å². The van der Waals surface area contributed by atoms with Gasteiger partial charge in [-0.05, 0) is 55.3 Å². The third-order valence-corrected chi connectivity index (χ3v) is 3.51. The number of likely N-dealkylation sites (N-methyl/N-ethyl adjacent to an activating group) is 2. The van der Waals surface area contributed by atoms with Gasteiger partial charge in [0.05, 0.1) is 5.54 Å².